The third-order valence-corrected chi connectivity index (χ3v) is 3.65. The second-order valence-electron chi connectivity index (χ2n) is 5.37. The predicted molar refractivity (Wildman–Crippen MR) is 91.5 cm³/mol. The summed E-state index contributed by atoms with van der Waals surface area (Å²) in [6, 6.07) is 3.20. The van der Waals surface area contributed by atoms with E-state index in [0.717, 1.165) is 6.07 Å². The number of hydrogen-bond acceptors (Lipinski definition) is 7. The summed E-state index contributed by atoms with van der Waals surface area (Å²) in [6.07, 6.45) is 1.68. The van der Waals surface area contributed by atoms with Crippen LogP contribution in [0.25, 0.3) is 0 Å². The molecule has 0 aliphatic rings. The minimum absolute atomic E-state index is 0.0541. The number of nitrogens with zero attached hydrogens (tertiary/aromatic N) is 1. The molecule has 10 heteroatoms. The number of hydrogen-bond donors (Lipinski definition) is 2. The fraction of sp³-hybridized carbons (Fsp3) is 0.400. The maximum atomic E-state index is 11.9. The molecule has 0 aliphatic carbocycles. The highest BCUT2D eigenvalue weighted by molar-refractivity contribution is 7.98. The van der Waals surface area contributed by atoms with E-state index in [9.17, 15) is 24.5 Å². The van der Waals surface area contributed by atoms with E-state index < -0.39 is 29.4 Å². The van der Waals surface area contributed by atoms with Crippen molar-refractivity contribution >= 4 is 35.4 Å². The lowest BCUT2D eigenvalue weighted by Crippen LogP contribution is -2.42. The van der Waals surface area contributed by atoms with E-state index in [1.807, 2.05) is 19.2 Å². The van der Waals surface area contributed by atoms with Crippen LogP contribution >= 0.6 is 11.8 Å². The topological polar surface area (TPSA) is 128 Å². The summed E-state index contributed by atoms with van der Waals surface area (Å²) in [7, 11) is 0. The van der Waals surface area contributed by atoms with Gasteiger partial charge in [0.05, 0.1) is 15.4 Å². The monoisotopic (exact) mass is 369 g/mol. The van der Waals surface area contributed by atoms with Gasteiger partial charge in [-0.15, -0.1) is 11.8 Å². The van der Waals surface area contributed by atoms with Crippen molar-refractivity contribution in [1.82, 2.24) is 10.6 Å². The van der Waals surface area contributed by atoms with Gasteiger partial charge >= 0.3 is 12.0 Å². The van der Waals surface area contributed by atoms with Crippen molar-refractivity contribution in [2.75, 3.05) is 19.4 Å². The third-order valence-electron chi connectivity index (χ3n) is 2.87. The Hall–Kier alpha value is -2.62. The number of urea groups is 1. The molecule has 3 amide bonds. The van der Waals surface area contributed by atoms with Crippen molar-refractivity contribution in [2.24, 2.45) is 5.92 Å². The first kappa shape index (κ1) is 20.4. The molecule has 0 heterocycles. The zero-order valence-electron chi connectivity index (χ0n) is 14.0. The molecule has 0 fully saturated rings. The van der Waals surface area contributed by atoms with Crippen LogP contribution in [-0.4, -0.2) is 42.2 Å². The molecule has 9 nitrogen and oxygen atoms in total. The third kappa shape index (κ3) is 6.79. The van der Waals surface area contributed by atoms with Gasteiger partial charge in [0, 0.05) is 12.6 Å². The molecule has 0 saturated carbocycles. The van der Waals surface area contributed by atoms with Crippen molar-refractivity contribution in [3.63, 3.8) is 0 Å². The Morgan fingerprint density at radius 1 is 1.32 bits per heavy atom. The second kappa shape index (κ2) is 9.62. The summed E-state index contributed by atoms with van der Waals surface area (Å²) >= 11 is 1.17. The summed E-state index contributed by atoms with van der Waals surface area (Å²) in [4.78, 5) is 45.6. The lowest BCUT2D eigenvalue weighted by atomic mass is 10.2. The van der Waals surface area contributed by atoms with Crippen LogP contribution in [0.3, 0.4) is 0 Å². The fourth-order valence-electron chi connectivity index (χ4n) is 1.68. The number of ether oxygens (including phenoxy) is 1. The number of imide groups is 1. The van der Waals surface area contributed by atoms with Crippen LogP contribution in [0.15, 0.2) is 23.1 Å². The van der Waals surface area contributed by atoms with Crippen LogP contribution in [0.2, 0.25) is 0 Å². The molecule has 0 aromatic heterocycles. The minimum atomic E-state index is -0.895. The van der Waals surface area contributed by atoms with Crippen LogP contribution in [0.1, 0.15) is 24.2 Å². The van der Waals surface area contributed by atoms with E-state index in [-0.39, 0.29) is 17.2 Å². The maximum absolute atomic E-state index is 11.9. The lowest BCUT2D eigenvalue weighted by molar-refractivity contribution is -0.387. The van der Waals surface area contributed by atoms with Crippen molar-refractivity contribution in [3.8, 4) is 0 Å². The van der Waals surface area contributed by atoms with Gasteiger partial charge in [0.15, 0.2) is 6.61 Å². The highest BCUT2D eigenvalue weighted by Crippen LogP contribution is 2.28. The first-order chi connectivity index (χ1) is 11.7. The van der Waals surface area contributed by atoms with Crippen LogP contribution in [0, 0.1) is 16.0 Å². The molecule has 2 N–H and O–H groups in total. The Balaban J connectivity index is 2.59. The highest BCUT2D eigenvalue weighted by atomic mass is 32.2. The molecule has 0 spiro atoms. The molecule has 0 atom stereocenters. The molecule has 0 bridgehead atoms. The van der Waals surface area contributed by atoms with Crippen molar-refractivity contribution in [1.29, 1.82) is 0 Å². The van der Waals surface area contributed by atoms with Gasteiger partial charge in [0.1, 0.15) is 0 Å². The number of rotatable bonds is 7. The Kier molecular flexibility index (Phi) is 7.86. The van der Waals surface area contributed by atoms with Crippen LogP contribution in [-0.2, 0) is 9.53 Å². The second-order valence-corrected chi connectivity index (χ2v) is 6.22. The largest absolute Gasteiger partial charge is 0.452 e. The summed E-state index contributed by atoms with van der Waals surface area (Å²) < 4.78 is 4.76. The molecule has 0 saturated heterocycles. The van der Waals surface area contributed by atoms with Gasteiger partial charge in [-0.05, 0) is 24.3 Å². The molecule has 0 unspecified atom stereocenters. The highest BCUT2D eigenvalue weighted by Gasteiger charge is 2.19. The Morgan fingerprint density at radius 3 is 2.56 bits per heavy atom. The lowest BCUT2D eigenvalue weighted by Gasteiger charge is -2.09. The average molecular weight is 369 g/mol. The van der Waals surface area contributed by atoms with Gasteiger partial charge < -0.3 is 10.1 Å². The minimum Gasteiger partial charge on any atom is -0.452 e. The molecule has 136 valence electrons. The van der Waals surface area contributed by atoms with E-state index in [0.29, 0.717) is 11.4 Å². The molecular weight excluding hydrogens is 350 g/mol. The van der Waals surface area contributed by atoms with Crippen molar-refractivity contribution in [2.45, 2.75) is 18.7 Å². The van der Waals surface area contributed by atoms with Crippen LogP contribution in [0.4, 0.5) is 10.5 Å². The summed E-state index contributed by atoms with van der Waals surface area (Å²) in [5.74, 6) is -1.47. The zero-order chi connectivity index (χ0) is 19.0. The Bertz CT molecular complexity index is 677. The van der Waals surface area contributed by atoms with E-state index in [1.165, 1.54) is 23.9 Å². The summed E-state index contributed by atoms with van der Waals surface area (Å²) in [5, 5.41) is 15.5. The first-order valence-electron chi connectivity index (χ1n) is 7.31. The van der Waals surface area contributed by atoms with Gasteiger partial charge in [-0.25, -0.2) is 9.59 Å². The van der Waals surface area contributed by atoms with Gasteiger partial charge in [-0.2, -0.15) is 0 Å². The standard InChI is InChI=1S/C15H19N3O6S/c1-9(2)7-16-15(21)17-13(19)8-24-14(20)10-4-5-12(25-3)11(6-10)18(22)23/h4-6,9H,7-8H2,1-3H3,(H2,16,17,19,21). The van der Waals surface area contributed by atoms with Gasteiger partial charge in [-0.3, -0.25) is 20.2 Å². The number of carbonyl (C=O) groups excluding carboxylic acids is 3. The molecule has 1 rings (SSSR count). The van der Waals surface area contributed by atoms with E-state index >= 15 is 0 Å². The molecule has 0 radical (unpaired) electrons. The first-order valence-corrected chi connectivity index (χ1v) is 8.54. The predicted octanol–water partition coefficient (Wildman–Crippen LogP) is 1.96. The van der Waals surface area contributed by atoms with Crippen molar-refractivity contribution in [3.05, 3.63) is 33.9 Å². The van der Waals surface area contributed by atoms with E-state index in [4.69, 9.17) is 4.74 Å². The van der Waals surface area contributed by atoms with Gasteiger partial charge in [-0.1, -0.05) is 13.8 Å². The molecule has 25 heavy (non-hydrogen) atoms. The van der Waals surface area contributed by atoms with Gasteiger partial charge in [0.25, 0.3) is 11.6 Å². The molecular formula is C15H19N3O6S. The zero-order valence-corrected chi connectivity index (χ0v) is 14.8. The van der Waals surface area contributed by atoms with E-state index in [2.05, 4.69) is 5.32 Å². The SMILES string of the molecule is CSc1ccc(C(=O)OCC(=O)NC(=O)NCC(C)C)cc1[N+](=O)[O-]. The molecule has 1 aromatic rings. The van der Waals surface area contributed by atoms with Gasteiger partial charge in [0.2, 0.25) is 0 Å². The van der Waals surface area contributed by atoms with Crippen LogP contribution < -0.4 is 10.6 Å². The number of amides is 3. The number of nitrogens with one attached hydrogen (secondary N) is 2. The number of nitro groups is 1. The molecule has 0 aliphatic heterocycles. The Morgan fingerprint density at radius 2 is 2.00 bits per heavy atom. The Labute approximate surface area is 148 Å². The quantitative estimate of drug-likeness (QED) is 0.325. The number of carbonyl (C=O) groups is 3. The summed E-state index contributed by atoms with van der Waals surface area (Å²) in [6.45, 7) is 3.51. The molecule has 1 aromatic carbocycles. The fourth-order valence-corrected chi connectivity index (χ4v) is 2.22. The normalized spacial score (nSPS) is 10.2. The smallest absolute Gasteiger partial charge is 0.338 e. The van der Waals surface area contributed by atoms with Crippen molar-refractivity contribution < 1.29 is 24.0 Å². The average Bonchev–Trinajstić information content (AvgIpc) is 2.57. The summed E-state index contributed by atoms with van der Waals surface area (Å²) in [5.41, 5.74) is -0.277. The number of esters is 1. The number of benzene rings is 1. The number of nitro benzene ring substituents is 1. The van der Waals surface area contributed by atoms with Crippen LogP contribution in [0.5, 0.6) is 0 Å². The van der Waals surface area contributed by atoms with E-state index in [1.54, 1.807) is 6.26 Å². The number of thioether (sulfide) groups is 1. The maximum Gasteiger partial charge on any atom is 0.338 e.